The summed E-state index contributed by atoms with van der Waals surface area (Å²) in [5.74, 6) is 1.30. The maximum atomic E-state index is 12.2. The molecule has 9 heteroatoms. The first-order chi connectivity index (χ1) is 13.2. The van der Waals surface area contributed by atoms with Gasteiger partial charge in [-0.1, -0.05) is 0 Å². The second-order valence-corrected chi connectivity index (χ2v) is 9.96. The molecule has 0 aliphatic carbocycles. The molecule has 156 valence electrons. The molecule has 2 N–H and O–H groups in total. The van der Waals surface area contributed by atoms with Crippen molar-refractivity contribution >= 4 is 21.7 Å². The van der Waals surface area contributed by atoms with Gasteiger partial charge in [-0.25, -0.2) is 8.42 Å². The van der Waals surface area contributed by atoms with Gasteiger partial charge in [-0.05, 0) is 45.0 Å². The molecule has 1 aromatic carbocycles. The number of amides is 1. The molecule has 0 atom stereocenters. The average molecular weight is 411 g/mol. The number of guanidine groups is 1. The molecule has 1 aromatic rings. The van der Waals surface area contributed by atoms with E-state index < -0.39 is 14.6 Å². The Morgan fingerprint density at radius 1 is 1.25 bits per heavy atom. The molecule has 0 bridgehead atoms. The average Bonchev–Trinajstić information content (AvgIpc) is 2.66. The zero-order chi connectivity index (χ0) is 20.8. The number of nitrogens with zero attached hydrogens (tertiary/aromatic N) is 2. The van der Waals surface area contributed by atoms with E-state index in [1.165, 1.54) is 0 Å². The van der Waals surface area contributed by atoms with Crippen LogP contribution in [0.3, 0.4) is 0 Å². The summed E-state index contributed by atoms with van der Waals surface area (Å²) in [5, 5.41) is 6.04. The maximum absolute atomic E-state index is 12.2. The van der Waals surface area contributed by atoms with Gasteiger partial charge in [-0.3, -0.25) is 9.79 Å². The smallest absolute Gasteiger partial charge is 0.251 e. The molecule has 1 heterocycles. The fraction of sp³-hybridized carbons (Fsp3) is 0.579. The summed E-state index contributed by atoms with van der Waals surface area (Å²) in [6, 6.07) is 6.89. The summed E-state index contributed by atoms with van der Waals surface area (Å²) >= 11 is 0. The third-order valence-corrected chi connectivity index (χ3v) is 7.22. The van der Waals surface area contributed by atoms with Crippen molar-refractivity contribution in [3.05, 3.63) is 29.8 Å². The van der Waals surface area contributed by atoms with E-state index in [0.717, 1.165) is 0 Å². The van der Waals surface area contributed by atoms with E-state index >= 15 is 0 Å². The van der Waals surface area contributed by atoms with E-state index in [0.29, 0.717) is 50.0 Å². The second kappa shape index (κ2) is 9.27. The highest BCUT2D eigenvalue weighted by Gasteiger charge is 2.40. The van der Waals surface area contributed by atoms with Gasteiger partial charge in [0.15, 0.2) is 15.8 Å². The van der Waals surface area contributed by atoms with E-state index in [-0.39, 0.29) is 11.7 Å². The van der Waals surface area contributed by atoms with Crippen LogP contribution in [0.1, 0.15) is 31.1 Å². The Kier molecular flexibility index (Phi) is 7.29. The van der Waals surface area contributed by atoms with Crippen molar-refractivity contribution in [1.29, 1.82) is 0 Å². The van der Waals surface area contributed by atoms with E-state index in [9.17, 15) is 13.2 Å². The summed E-state index contributed by atoms with van der Waals surface area (Å²) in [5.41, 5.74) is 0.555. The molecule has 0 saturated carbocycles. The highest BCUT2D eigenvalue weighted by atomic mass is 32.2. The Hall–Kier alpha value is -2.29. The number of carbonyl (C=O) groups excluding carboxylic acids is 1. The van der Waals surface area contributed by atoms with Crippen molar-refractivity contribution in [2.45, 2.75) is 25.5 Å². The lowest BCUT2D eigenvalue weighted by molar-refractivity contribution is 0.0954. The van der Waals surface area contributed by atoms with Crippen LogP contribution in [0.25, 0.3) is 0 Å². The summed E-state index contributed by atoms with van der Waals surface area (Å²) in [6.07, 6.45) is 0. The molecule has 1 amide bonds. The van der Waals surface area contributed by atoms with Gasteiger partial charge in [0.05, 0.1) is 24.2 Å². The monoisotopic (exact) mass is 410 g/mol. The molecule has 8 nitrogen and oxygen atoms in total. The number of ether oxygens (including phenoxy) is 1. The second-order valence-electron chi connectivity index (χ2n) is 7.22. The Morgan fingerprint density at radius 3 is 2.50 bits per heavy atom. The molecule has 28 heavy (non-hydrogen) atoms. The highest BCUT2D eigenvalue weighted by Crippen LogP contribution is 2.23. The van der Waals surface area contributed by atoms with E-state index in [4.69, 9.17) is 4.74 Å². The topological polar surface area (TPSA) is 100 Å². The fourth-order valence-electron chi connectivity index (χ4n) is 2.93. The molecule has 1 fully saturated rings. The summed E-state index contributed by atoms with van der Waals surface area (Å²) in [6.45, 7) is 7.71. The predicted molar refractivity (Wildman–Crippen MR) is 111 cm³/mol. The van der Waals surface area contributed by atoms with Crippen LogP contribution in [0.2, 0.25) is 0 Å². The number of rotatable bonds is 6. The third-order valence-electron chi connectivity index (χ3n) is 4.69. The van der Waals surface area contributed by atoms with Crippen LogP contribution in [-0.4, -0.2) is 75.5 Å². The fourth-order valence-corrected chi connectivity index (χ4v) is 4.29. The molecule has 0 spiro atoms. The lowest BCUT2D eigenvalue weighted by Crippen LogP contribution is -2.57. The van der Waals surface area contributed by atoms with Crippen molar-refractivity contribution in [3.8, 4) is 5.75 Å². The van der Waals surface area contributed by atoms with Crippen molar-refractivity contribution in [1.82, 2.24) is 15.5 Å². The van der Waals surface area contributed by atoms with Gasteiger partial charge in [-0.2, -0.15) is 0 Å². The number of benzene rings is 1. The molecule has 2 rings (SSSR count). The lowest BCUT2D eigenvalue weighted by Gasteiger charge is -2.39. The van der Waals surface area contributed by atoms with Crippen LogP contribution >= 0.6 is 0 Å². The largest absolute Gasteiger partial charge is 0.497 e. The van der Waals surface area contributed by atoms with Crippen molar-refractivity contribution in [3.63, 3.8) is 0 Å². The number of nitrogens with one attached hydrogen (secondary N) is 2. The molecule has 1 aliphatic heterocycles. The minimum atomic E-state index is -3.10. The Bertz CT molecular complexity index is 804. The van der Waals surface area contributed by atoms with E-state index in [1.54, 1.807) is 45.2 Å². The molecular weight excluding hydrogens is 380 g/mol. The SMILES string of the molecule is CCNC(=NCCNC(=O)c1ccc(OC)cc1)N1CCS(=O)(=O)C(C)(C)C1. The first kappa shape index (κ1) is 22.0. The number of hydrogen-bond acceptors (Lipinski definition) is 5. The minimum absolute atomic E-state index is 0.110. The zero-order valence-electron chi connectivity index (χ0n) is 17.0. The Balaban J connectivity index is 1.93. The Labute approximate surface area is 167 Å². The number of hydrogen-bond donors (Lipinski definition) is 2. The minimum Gasteiger partial charge on any atom is -0.497 e. The molecule has 0 radical (unpaired) electrons. The van der Waals surface area contributed by atoms with Gasteiger partial charge in [0.2, 0.25) is 0 Å². The van der Waals surface area contributed by atoms with E-state index in [2.05, 4.69) is 15.6 Å². The van der Waals surface area contributed by atoms with Crippen molar-refractivity contribution < 1.29 is 17.9 Å². The number of methoxy groups -OCH3 is 1. The van der Waals surface area contributed by atoms with Gasteiger partial charge in [0.25, 0.3) is 5.91 Å². The number of sulfone groups is 1. The van der Waals surface area contributed by atoms with E-state index in [1.807, 2.05) is 11.8 Å². The third kappa shape index (κ3) is 5.37. The molecule has 0 aromatic heterocycles. The molecule has 0 unspecified atom stereocenters. The van der Waals surface area contributed by atoms with Crippen LogP contribution in [0.5, 0.6) is 5.75 Å². The summed E-state index contributed by atoms with van der Waals surface area (Å²) < 4.78 is 28.7. The van der Waals surface area contributed by atoms with Crippen LogP contribution in [0.15, 0.2) is 29.3 Å². The van der Waals surface area contributed by atoms with Gasteiger partial charge in [0.1, 0.15) is 5.75 Å². The summed E-state index contributed by atoms with van der Waals surface area (Å²) in [4.78, 5) is 18.7. The van der Waals surface area contributed by atoms with Gasteiger partial charge in [0, 0.05) is 31.7 Å². The normalized spacial score (nSPS) is 18.4. The van der Waals surface area contributed by atoms with Crippen molar-refractivity contribution in [2.75, 3.05) is 45.6 Å². The van der Waals surface area contributed by atoms with Gasteiger partial charge in [-0.15, -0.1) is 0 Å². The van der Waals surface area contributed by atoms with Gasteiger partial charge >= 0.3 is 0 Å². The molecular formula is C19H30N4O4S. The van der Waals surface area contributed by atoms with Crippen molar-refractivity contribution in [2.24, 2.45) is 4.99 Å². The first-order valence-corrected chi connectivity index (χ1v) is 11.0. The van der Waals surface area contributed by atoms with Gasteiger partial charge < -0.3 is 20.3 Å². The van der Waals surface area contributed by atoms with Crippen LogP contribution < -0.4 is 15.4 Å². The predicted octanol–water partition coefficient (Wildman–Crippen LogP) is 0.900. The number of aliphatic imine (C=N–C) groups is 1. The first-order valence-electron chi connectivity index (χ1n) is 9.38. The van der Waals surface area contributed by atoms with Crippen LogP contribution in [0, 0.1) is 0 Å². The standard InChI is InChI=1S/C19H30N4O4S/c1-5-20-18(23-12-13-28(25,26)19(2,3)14-23)22-11-10-21-17(24)15-6-8-16(27-4)9-7-15/h6-9H,5,10-14H2,1-4H3,(H,20,22)(H,21,24). The molecule has 1 aliphatic rings. The number of carbonyl (C=O) groups is 1. The quantitative estimate of drug-likeness (QED) is 0.411. The van der Waals surface area contributed by atoms with Crippen LogP contribution in [0.4, 0.5) is 0 Å². The van der Waals surface area contributed by atoms with Crippen LogP contribution in [-0.2, 0) is 9.84 Å². The molecule has 1 saturated heterocycles. The zero-order valence-corrected chi connectivity index (χ0v) is 17.8. The Morgan fingerprint density at radius 2 is 1.93 bits per heavy atom. The summed E-state index contributed by atoms with van der Waals surface area (Å²) in [7, 11) is -1.53. The highest BCUT2D eigenvalue weighted by molar-refractivity contribution is 7.92. The lowest BCUT2D eigenvalue weighted by atomic mass is 10.2. The maximum Gasteiger partial charge on any atom is 0.251 e.